The lowest BCUT2D eigenvalue weighted by Crippen LogP contribution is -2.30. The zero-order valence-corrected chi connectivity index (χ0v) is 17.1. The number of thiophene rings is 1. The van der Waals surface area contributed by atoms with E-state index in [1.165, 1.54) is 11.3 Å². The second kappa shape index (κ2) is 6.94. The first-order chi connectivity index (χ1) is 12.2. The molecule has 2 aliphatic rings. The number of fused-ring (bicyclic) bond motifs is 1. The first-order valence-corrected chi connectivity index (χ1v) is 9.96. The van der Waals surface area contributed by atoms with E-state index >= 15 is 0 Å². The van der Waals surface area contributed by atoms with Gasteiger partial charge in [-0.3, -0.25) is 9.59 Å². The molecule has 1 aromatic heterocycles. The van der Waals surface area contributed by atoms with Gasteiger partial charge in [0.1, 0.15) is 5.00 Å². The van der Waals surface area contributed by atoms with Gasteiger partial charge in [-0.1, -0.05) is 27.7 Å². The highest BCUT2D eigenvalue weighted by molar-refractivity contribution is 7.17. The van der Waals surface area contributed by atoms with Gasteiger partial charge in [0.25, 0.3) is 5.91 Å². The number of hydrogen-bond acceptors (Lipinski definition) is 5. The summed E-state index contributed by atoms with van der Waals surface area (Å²) in [5.41, 5.74) is 1.63. The topological polar surface area (TPSA) is 79.5 Å². The third-order valence-corrected chi connectivity index (χ3v) is 7.41. The van der Waals surface area contributed by atoms with Gasteiger partial charge in [-0.2, -0.15) is 0 Å². The molecule has 0 saturated heterocycles. The normalized spacial score (nSPS) is 20.3. The Morgan fingerprint density at radius 3 is 2.58 bits per heavy atom. The third-order valence-electron chi connectivity index (χ3n) is 6.27. The van der Waals surface area contributed by atoms with Crippen LogP contribution in [0, 0.1) is 16.7 Å². The Morgan fingerprint density at radius 1 is 1.27 bits per heavy atom. The largest absolute Gasteiger partial charge is 0.383 e. The molecule has 0 bridgehead atoms. The molecule has 1 saturated carbocycles. The SMILES string of the molecule is COCCNC(=O)c1c(NC(=O)C2C(C)(C)C2(C)C)sc2c1CCNC2. The first kappa shape index (κ1) is 19.3. The summed E-state index contributed by atoms with van der Waals surface area (Å²) in [5.74, 6) is -0.166. The number of nitrogens with one attached hydrogen (secondary N) is 3. The number of hydrogen-bond donors (Lipinski definition) is 3. The second-order valence-corrected chi connectivity index (χ2v) is 9.35. The van der Waals surface area contributed by atoms with Crippen molar-refractivity contribution >= 4 is 28.2 Å². The van der Waals surface area contributed by atoms with E-state index in [-0.39, 0.29) is 28.6 Å². The summed E-state index contributed by atoms with van der Waals surface area (Å²) in [6.45, 7) is 11.0. The van der Waals surface area contributed by atoms with Gasteiger partial charge in [0.15, 0.2) is 0 Å². The molecule has 0 unspecified atom stereocenters. The highest BCUT2D eigenvalue weighted by Crippen LogP contribution is 2.68. The minimum atomic E-state index is -0.133. The monoisotopic (exact) mass is 379 g/mol. The lowest BCUT2D eigenvalue weighted by molar-refractivity contribution is -0.118. The molecule has 2 heterocycles. The van der Waals surface area contributed by atoms with Crippen LogP contribution < -0.4 is 16.0 Å². The molecule has 3 N–H and O–H groups in total. The standard InChI is InChI=1S/C19H29N3O3S/c1-18(2)14(19(18,3)4)16(24)22-17-13(15(23)21-8-9-25-5)11-6-7-20-10-12(11)26-17/h14,20H,6-10H2,1-5H3,(H,21,23)(H,22,24). The number of anilines is 1. The van der Waals surface area contributed by atoms with E-state index in [1.807, 2.05) is 0 Å². The van der Waals surface area contributed by atoms with Crippen LogP contribution in [-0.2, 0) is 22.5 Å². The molecule has 1 aliphatic heterocycles. The fraction of sp³-hybridized carbons (Fsp3) is 0.684. The summed E-state index contributed by atoms with van der Waals surface area (Å²) in [5, 5.41) is 9.98. The van der Waals surface area contributed by atoms with Gasteiger partial charge < -0.3 is 20.7 Å². The summed E-state index contributed by atoms with van der Waals surface area (Å²) in [6, 6.07) is 0. The van der Waals surface area contributed by atoms with Crippen molar-refractivity contribution in [2.24, 2.45) is 16.7 Å². The Hall–Kier alpha value is -1.44. The van der Waals surface area contributed by atoms with Gasteiger partial charge in [0.2, 0.25) is 5.91 Å². The molecule has 7 heteroatoms. The molecule has 3 rings (SSSR count). The molecule has 1 aromatic rings. The highest BCUT2D eigenvalue weighted by atomic mass is 32.1. The van der Waals surface area contributed by atoms with E-state index < -0.39 is 0 Å². The van der Waals surface area contributed by atoms with Gasteiger partial charge in [0, 0.05) is 31.0 Å². The Morgan fingerprint density at radius 2 is 1.96 bits per heavy atom. The second-order valence-electron chi connectivity index (χ2n) is 8.25. The van der Waals surface area contributed by atoms with Crippen LogP contribution in [-0.4, -0.2) is 38.6 Å². The summed E-state index contributed by atoms with van der Waals surface area (Å²) < 4.78 is 5.01. The molecule has 0 radical (unpaired) electrons. The smallest absolute Gasteiger partial charge is 0.254 e. The Bertz CT molecular complexity index is 710. The zero-order chi connectivity index (χ0) is 19.1. The number of amides is 2. The van der Waals surface area contributed by atoms with E-state index in [1.54, 1.807) is 7.11 Å². The lowest BCUT2D eigenvalue weighted by Gasteiger charge is -2.14. The van der Waals surface area contributed by atoms with Gasteiger partial charge in [-0.15, -0.1) is 11.3 Å². The maximum atomic E-state index is 12.9. The molecule has 0 aromatic carbocycles. The Kier molecular flexibility index (Phi) is 5.16. The number of carbonyl (C=O) groups excluding carboxylic acids is 2. The van der Waals surface area contributed by atoms with E-state index in [9.17, 15) is 9.59 Å². The van der Waals surface area contributed by atoms with Crippen molar-refractivity contribution in [2.45, 2.75) is 40.7 Å². The summed E-state index contributed by atoms with van der Waals surface area (Å²) >= 11 is 1.52. The number of methoxy groups -OCH3 is 1. The molecule has 0 atom stereocenters. The number of rotatable bonds is 6. The Labute approximate surface area is 159 Å². The van der Waals surface area contributed by atoms with Crippen LogP contribution in [0.25, 0.3) is 0 Å². The predicted octanol–water partition coefficient (Wildman–Crippen LogP) is 2.39. The minimum Gasteiger partial charge on any atom is -0.383 e. The molecular formula is C19H29N3O3S. The predicted molar refractivity (Wildman–Crippen MR) is 104 cm³/mol. The van der Waals surface area contributed by atoms with Gasteiger partial charge in [0.05, 0.1) is 12.2 Å². The zero-order valence-electron chi connectivity index (χ0n) is 16.2. The number of carbonyl (C=O) groups is 2. The summed E-state index contributed by atoms with van der Waals surface area (Å²) in [4.78, 5) is 26.8. The summed E-state index contributed by atoms with van der Waals surface area (Å²) in [7, 11) is 1.61. The third kappa shape index (κ3) is 3.17. The van der Waals surface area contributed by atoms with E-state index in [0.29, 0.717) is 23.7 Å². The average Bonchev–Trinajstić information content (AvgIpc) is 2.84. The van der Waals surface area contributed by atoms with Crippen molar-refractivity contribution in [1.82, 2.24) is 10.6 Å². The molecule has 26 heavy (non-hydrogen) atoms. The molecule has 2 amide bonds. The van der Waals surface area contributed by atoms with Crippen molar-refractivity contribution in [1.29, 1.82) is 0 Å². The van der Waals surface area contributed by atoms with Crippen LogP contribution in [0.1, 0.15) is 48.5 Å². The highest BCUT2D eigenvalue weighted by Gasteiger charge is 2.68. The van der Waals surface area contributed by atoms with Crippen molar-refractivity contribution in [3.63, 3.8) is 0 Å². The average molecular weight is 380 g/mol. The van der Waals surface area contributed by atoms with Gasteiger partial charge >= 0.3 is 0 Å². The molecular weight excluding hydrogens is 350 g/mol. The van der Waals surface area contributed by atoms with E-state index in [4.69, 9.17) is 4.74 Å². The molecule has 1 fully saturated rings. The van der Waals surface area contributed by atoms with E-state index in [2.05, 4.69) is 43.6 Å². The summed E-state index contributed by atoms with van der Waals surface area (Å²) in [6.07, 6.45) is 0.801. The van der Waals surface area contributed by atoms with Crippen LogP contribution >= 0.6 is 11.3 Å². The van der Waals surface area contributed by atoms with Gasteiger partial charge in [-0.05, 0) is 29.4 Å². The van der Waals surface area contributed by atoms with Crippen molar-refractivity contribution in [3.05, 3.63) is 16.0 Å². The molecule has 0 spiro atoms. The molecule has 6 nitrogen and oxygen atoms in total. The maximum Gasteiger partial charge on any atom is 0.254 e. The van der Waals surface area contributed by atoms with Crippen LogP contribution in [0.2, 0.25) is 0 Å². The fourth-order valence-corrected chi connectivity index (χ4v) is 5.27. The first-order valence-electron chi connectivity index (χ1n) is 9.15. The Balaban J connectivity index is 1.83. The van der Waals surface area contributed by atoms with Crippen LogP contribution in [0.4, 0.5) is 5.00 Å². The fourth-order valence-electron chi connectivity index (χ4n) is 4.05. The molecule has 144 valence electrons. The van der Waals surface area contributed by atoms with E-state index in [0.717, 1.165) is 30.0 Å². The van der Waals surface area contributed by atoms with Crippen LogP contribution in [0.15, 0.2) is 0 Å². The number of ether oxygens (including phenoxy) is 1. The van der Waals surface area contributed by atoms with Crippen molar-refractivity contribution in [3.8, 4) is 0 Å². The quantitative estimate of drug-likeness (QED) is 0.663. The van der Waals surface area contributed by atoms with Crippen LogP contribution in [0.3, 0.4) is 0 Å². The minimum absolute atomic E-state index is 0.0116. The molecule has 1 aliphatic carbocycles. The maximum absolute atomic E-state index is 12.9. The van der Waals surface area contributed by atoms with Gasteiger partial charge in [-0.25, -0.2) is 0 Å². The van der Waals surface area contributed by atoms with Crippen molar-refractivity contribution in [2.75, 3.05) is 32.1 Å². The van der Waals surface area contributed by atoms with Crippen LogP contribution in [0.5, 0.6) is 0 Å². The van der Waals surface area contributed by atoms with Crippen molar-refractivity contribution < 1.29 is 14.3 Å². The lowest BCUT2D eigenvalue weighted by atomic mass is 10.0.